The van der Waals surface area contributed by atoms with Gasteiger partial charge >= 0.3 is 0 Å². The summed E-state index contributed by atoms with van der Waals surface area (Å²) >= 11 is 1.32. The molecule has 2 fully saturated rings. The maximum Gasteiger partial charge on any atom is 0.230 e. The van der Waals surface area contributed by atoms with Crippen molar-refractivity contribution < 1.29 is 9.53 Å². The van der Waals surface area contributed by atoms with Gasteiger partial charge in [0.2, 0.25) is 11.1 Å². The number of hydrogen-bond donors (Lipinski definition) is 2. The summed E-state index contributed by atoms with van der Waals surface area (Å²) < 4.78 is 6.89. The Morgan fingerprint density at radius 3 is 2.52 bits per heavy atom. The van der Waals surface area contributed by atoms with Crippen LogP contribution in [0.5, 0.6) is 5.75 Å². The fourth-order valence-electron chi connectivity index (χ4n) is 3.33. The Morgan fingerprint density at radius 2 is 1.93 bits per heavy atom. The number of nitrogens with zero attached hydrogens (tertiary/aromatic N) is 3. The second-order valence-electron chi connectivity index (χ2n) is 7.19. The summed E-state index contributed by atoms with van der Waals surface area (Å²) in [5, 5.41) is 12.1. The molecule has 144 valence electrons. The molecule has 0 bridgehead atoms. The Morgan fingerprint density at radius 1 is 1.26 bits per heavy atom. The van der Waals surface area contributed by atoms with Gasteiger partial charge in [-0.05, 0) is 68.7 Å². The van der Waals surface area contributed by atoms with Gasteiger partial charge in [-0.15, -0.1) is 10.2 Å². The highest BCUT2D eigenvalue weighted by atomic mass is 32.2. The van der Waals surface area contributed by atoms with Crippen molar-refractivity contribution >= 4 is 17.7 Å². The zero-order valence-electron chi connectivity index (χ0n) is 15.4. The van der Waals surface area contributed by atoms with Crippen molar-refractivity contribution in [3.05, 3.63) is 24.3 Å². The fraction of sp³-hybridized carbons (Fsp3) is 0.526. The third kappa shape index (κ3) is 4.37. The number of benzene rings is 1. The molecule has 0 saturated heterocycles. The molecule has 0 unspecified atom stereocenters. The maximum absolute atomic E-state index is 12.3. The maximum atomic E-state index is 12.3. The summed E-state index contributed by atoms with van der Waals surface area (Å²) in [4.78, 5) is 12.3. The van der Waals surface area contributed by atoms with Crippen LogP contribution in [0.15, 0.2) is 29.4 Å². The lowest BCUT2D eigenvalue weighted by atomic mass is 10.1. The van der Waals surface area contributed by atoms with E-state index in [9.17, 15) is 4.79 Å². The highest BCUT2D eigenvalue weighted by Gasteiger charge is 2.42. The Kier molecular flexibility index (Phi) is 5.24. The van der Waals surface area contributed by atoms with Crippen LogP contribution in [0.4, 0.5) is 0 Å². The van der Waals surface area contributed by atoms with Gasteiger partial charge in [0.25, 0.3) is 0 Å². The molecule has 2 aliphatic rings. The van der Waals surface area contributed by atoms with Crippen molar-refractivity contribution in [3.63, 3.8) is 0 Å². The number of carbonyl (C=O) groups excluding carboxylic acids is 1. The molecule has 1 aromatic heterocycles. The van der Waals surface area contributed by atoms with Crippen LogP contribution in [0.25, 0.3) is 11.4 Å². The summed E-state index contributed by atoms with van der Waals surface area (Å²) in [7, 11) is 0. The van der Waals surface area contributed by atoms with Gasteiger partial charge in [-0.25, -0.2) is 4.68 Å². The monoisotopic (exact) mass is 387 g/mol. The van der Waals surface area contributed by atoms with E-state index in [0.717, 1.165) is 11.3 Å². The molecule has 3 N–H and O–H groups in total. The highest BCUT2D eigenvalue weighted by molar-refractivity contribution is 7.99. The smallest absolute Gasteiger partial charge is 0.230 e. The van der Waals surface area contributed by atoms with Gasteiger partial charge in [-0.2, -0.15) is 0 Å². The lowest BCUT2D eigenvalue weighted by molar-refractivity contribution is -0.119. The van der Waals surface area contributed by atoms with E-state index in [-0.39, 0.29) is 5.91 Å². The van der Waals surface area contributed by atoms with E-state index in [1.807, 2.05) is 31.2 Å². The predicted octanol–water partition coefficient (Wildman–Crippen LogP) is 2.45. The molecule has 0 spiro atoms. The van der Waals surface area contributed by atoms with Gasteiger partial charge in [0, 0.05) is 11.6 Å². The number of nitrogen functional groups attached to an aromatic ring is 1. The van der Waals surface area contributed by atoms with Gasteiger partial charge in [0.15, 0.2) is 5.82 Å². The molecule has 0 aliphatic heterocycles. The molecular weight excluding hydrogens is 362 g/mol. The van der Waals surface area contributed by atoms with Crippen LogP contribution in [0.1, 0.15) is 32.6 Å². The SMILES string of the molecule is CCOc1ccc(-c2nnc(SCC(=O)NC(C3CC3)C3CC3)n2N)cc1. The lowest BCUT2D eigenvalue weighted by Gasteiger charge is -2.17. The van der Waals surface area contributed by atoms with Crippen LogP contribution in [-0.2, 0) is 4.79 Å². The van der Waals surface area contributed by atoms with E-state index in [1.165, 1.54) is 42.1 Å². The summed E-state index contributed by atoms with van der Waals surface area (Å²) in [6.07, 6.45) is 4.99. The number of ether oxygens (including phenoxy) is 1. The second kappa shape index (κ2) is 7.80. The van der Waals surface area contributed by atoms with Crippen LogP contribution in [0.2, 0.25) is 0 Å². The molecule has 0 atom stereocenters. The third-order valence-electron chi connectivity index (χ3n) is 5.01. The van der Waals surface area contributed by atoms with Crippen molar-refractivity contribution in [1.82, 2.24) is 20.2 Å². The average molecular weight is 388 g/mol. The van der Waals surface area contributed by atoms with Crippen LogP contribution in [0, 0.1) is 11.8 Å². The fourth-order valence-corrected chi connectivity index (χ4v) is 4.00. The molecule has 7 nitrogen and oxygen atoms in total. The van der Waals surface area contributed by atoms with Crippen LogP contribution < -0.4 is 15.9 Å². The predicted molar refractivity (Wildman–Crippen MR) is 105 cm³/mol. The molecule has 1 heterocycles. The minimum Gasteiger partial charge on any atom is -0.494 e. The Hall–Kier alpha value is -2.22. The molecule has 2 saturated carbocycles. The third-order valence-corrected chi connectivity index (χ3v) is 5.95. The van der Waals surface area contributed by atoms with Gasteiger partial charge in [0.05, 0.1) is 12.4 Å². The number of hydrogen-bond acceptors (Lipinski definition) is 6. The van der Waals surface area contributed by atoms with E-state index in [0.29, 0.717) is 41.2 Å². The molecule has 27 heavy (non-hydrogen) atoms. The molecular formula is C19H25N5O2S. The molecule has 2 aliphatic carbocycles. The lowest BCUT2D eigenvalue weighted by Crippen LogP contribution is -2.39. The molecule has 0 radical (unpaired) electrons. The number of aromatic nitrogens is 3. The number of nitrogens with one attached hydrogen (secondary N) is 1. The molecule has 2 aromatic rings. The Balaban J connectivity index is 1.35. The molecule has 8 heteroatoms. The summed E-state index contributed by atoms with van der Waals surface area (Å²) in [5.74, 6) is 9.24. The summed E-state index contributed by atoms with van der Waals surface area (Å²) in [6.45, 7) is 2.57. The van der Waals surface area contributed by atoms with E-state index in [1.54, 1.807) is 0 Å². The molecule has 1 aromatic carbocycles. The highest BCUT2D eigenvalue weighted by Crippen LogP contribution is 2.44. The van der Waals surface area contributed by atoms with Crippen molar-refractivity contribution in [2.24, 2.45) is 11.8 Å². The first kappa shape index (κ1) is 18.2. The Bertz CT molecular complexity index is 787. The zero-order valence-corrected chi connectivity index (χ0v) is 16.2. The van der Waals surface area contributed by atoms with Crippen molar-refractivity contribution in [2.45, 2.75) is 43.8 Å². The Labute approximate surface area is 163 Å². The average Bonchev–Trinajstić information content (AvgIpc) is 3.58. The first-order valence-electron chi connectivity index (χ1n) is 9.51. The van der Waals surface area contributed by atoms with Gasteiger partial charge in [-0.3, -0.25) is 4.79 Å². The van der Waals surface area contributed by atoms with Crippen molar-refractivity contribution in [3.8, 4) is 17.1 Å². The minimum absolute atomic E-state index is 0.0504. The van der Waals surface area contributed by atoms with E-state index in [4.69, 9.17) is 10.6 Å². The van der Waals surface area contributed by atoms with Gasteiger partial charge < -0.3 is 15.9 Å². The number of rotatable bonds is 9. The van der Waals surface area contributed by atoms with Crippen LogP contribution >= 0.6 is 11.8 Å². The van der Waals surface area contributed by atoms with E-state index >= 15 is 0 Å². The number of thioether (sulfide) groups is 1. The quantitative estimate of drug-likeness (QED) is 0.507. The van der Waals surface area contributed by atoms with Crippen LogP contribution in [-0.4, -0.2) is 39.2 Å². The topological polar surface area (TPSA) is 95.1 Å². The first-order chi connectivity index (χ1) is 13.2. The molecule has 4 rings (SSSR count). The first-order valence-corrected chi connectivity index (χ1v) is 10.5. The van der Waals surface area contributed by atoms with Crippen LogP contribution in [0.3, 0.4) is 0 Å². The van der Waals surface area contributed by atoms with Gasteiger partial charge in [-0.1, -0.05) is 11.8 Å². The second-order valence-corrected chi connectivity index (χ2v) is 8.13. The van der Waals surface area contributed by atoms with Crippen molar-refractivity contribution in [1.29, 1.82) is 0 Å². The van der Waals surface area contributed by atoms with E-state index < -0.39 is 0 Å². The summed E-state index contributed by atoms with van der Waals surface area (Å²) in [6, 6.07) is 7.92. The molecule has 1 amide bonds. The number of nitrogens with two attached hydrogens (primary N) is 1. The normalized spacial score (nSPS) is 16.5. The van der Waals surface area contributed by atoms with Gasteiger partial charge in [0.1, 0.15) is 5.75 Å². The minimum atomic E-state index is 0.0504. The standard InChI is InChI=1S/C19H25N5O2S/c1-2-26-15-9-7-14(8-10-15)18-22-23-19(24(18)20)27-11-16(25)21-17(12-3-4-12)13-5-6-13/h7-10,12-13,17H,2-6,11,20H2,1H3,(H,21,25). The van der Waals surface area contributed by atoms with E-state index in [2.05, 4.69) is 15.5 Å². The largest absolute Gasteiger partial charge is 0.494 e. The van der Waals surface area contributed by atoms with Crippen molar-refractivity contribution in [2.75, 3.05) is 18.2 Å². The summed E-state index contributed by atoms with van der Waals surface area (Å²) in [5.41, 5.74) is 0.854. The number of amides is 1. The number of carbonyl (C=O) groups is 1. The zero-order chi connectivity index (χ0) is 18.8.